The molecular weight excluding hydrogens is 250 g/mol. The molecule has 0 unspecified atom stereocenters. The van der Waals surface area contributed by atoms with Crippen LogP contribution in [-0.4, -0.2) is 28.2 Å². The molecule has 1 aliphatic carbocycles. The summed E-state index contributed by atoms with van der Waals surface area (Å²) < 4.78 is 0. The third kappa shape index (κ3) is 3.56. The number of hydrogen-bond donors (Lipinski definition) is 2. The molecule has 2 rings (SSSR count). The molecule has 0 radical (unpaired) electrons. The Hall–Kier alpha value is -0.870. The van der Waals surface area contributed by atoms with Crippen molar-refractivity contribution in [1.82, 2.24) is 9.97 Å². The van der Waals surface area contributed by atoms with Crippen LogP contribution in [0.2, 0.25) is 5.28 Å². The van der Waals surface area contributed by atoms with Crippen LogP contribution in [0.15, 0.2) is 0 Å². The quantitative estimate of drug-likeness (QED) is 0.616. The van der Waals surface area contributed by atoms with Gasteiger partial charge in [-0.2, -0.15) is 0 Å². The van der Waals surface area contributed by atoms with E-state index in [9.17, 15) is 0 Å². The molecule has 100 valence electrons. The smallest absolute Gasteiger partial charge is 0.224 e. The van der Waals surface area contributed by atoms with Crippen LogP contribution in [-0.2, 0) is 12.8 Å². The molecular formula is C13H20ClN3O. The second-order valence-electron chi connectivity index (χ2n) is 4.68. The highest BCUT2D eigenvalue weighted by atomic mass is 35.5. The van der Waals surface area contributed by atoms with Crippen molar-refractivity contribution in [2.45, 2.75) is 44.9 Å². The lowest BCUT2D eigenvalue weighted by molar-refractivity contribution is 0.283. The summed E-state index contributed by atoms with van der Waals surface area (Å²) in [4.78, 5) is 8.61. The summed E-state index contributed by atoms with van der Waals surface area (Å²) in [6.45, 7) is 1.15. The Balaban J connectivity index is 1.96. The Morgan fingerprint density at radius 1 is 1.11 bits per heavy atom. The second kappa shape index (κ2) is 6.90. The van der Waals surface area contributed by atoms with Crippen LogP contribution in [0.4, 0.5) is 5.82 Å². The van der Waals surface area contributed by atoms with E-state index in [2.05, 4.69) is 15.3 Å². The molecule has 5 heteroatoms. The first-order valence-electron chi connectivity index (χ1n) is 6.71. The molecule has 0 saturated carbocycles. The lowest BCUT2D eigenvalue weighted by Crippen LogP contribution is -2.13. The molecule has 4 nitrogen and oxygen atoms in total. The summed E-state index contributed by atoms with van der Waals surface area (Å²) in [5, 5.41) is 12.4. The minimum absolute atomic E-state index is 0.273. The number of rotatable bonds is 6. The van der Waals surface area contributed by atoms with Gasteiger partial charge in [-0.1, -0.05) is 0 Å². The number of anilines is 1. The van der Waals surface area contributed by atoms with Gasteiger partial charge >= 0.3 is 0 Å². The average Bonchev–Trinajstić information content (AvgIpc) is 2.38. The molecule has 0 spiro atoms. The third-order valence-corrected chi connectivity index (χ3v) is 3.45. The van der Waals surface area contributed by atoms with Crippen LogP contribution in [0.25, 0.3) is 0 Å². The summed E-state index contributed by atoms with van der Waals surface area (Å²) in [6, 6.07) is 0. The van der Waals surface area contributed by atoms with Gasteiger partial charge in [-0.25, -0.2) is 9.97 Å². The fourth-order valence-corrected chi connectivity index (χ4v) is 2.52. The summed E-state index contributed by atoms with van der Waals surface area (Å²) in [5.41, 5.74) is 2.35. The van der Waals surface area contributed by atoms with Gasteiger partial charge in [-0.15, -0.1) is 0 Å². The van der Waals surface area contributed by atoms with E-state index in [1.165, 1.54) is 18.4 Å². The molecule has 0 amide bonds. The highest BCUT2D eigenvalue weighted by molar-refractivity contribution is 6.28. The van der Waals surface area contributed by atoms with Gasteiger partial charge in [0.2, 0.25) is 5.28 Å². The van der Waals surface area contributed by atoms with E-state index in [1.54, 1.807) is 0 Å². The van der Waals surface area contributed by atoms with Crippen molar-refractivity contribution in [3.8, 4) is 0 Å². The highest BCUT2D eigenvalue weighted by Gasteiger charge is 2.16. The predicted octanol–water partition coefficient (Wildman–Crippen LogP) is 2.58. The minimum Gasteiger partial charge on any atom is -0.396 e. The molecule has 2 N–H and O–H groups in total. The summed E-state index contributed by atoms with van der Waals surface area (Å²) >= 11 is 5.95. The van der Waals surface area contributed by atoms with Gasteiger partial charge in [0.1, 0.15) is 5.82 Å². The number of halogens is 1. The molecule has 0 aliphatic heterocycles. The Morgan fingerprint density at radius 2 is 1.94 bits per heavy atom. The number of fused-ring (bicyclic) bond motifs is 1. The van der Waals surface area contributed by atoms with Crippen molar-refractivity contribution < 1.29 is 5.11 Å². The number of aromatic nitrogens is 2. The Labute approximate surface area is 113 Å². The van der Waals surface area contributed by atoms with Crippen LogP contribution < -0.4 is 5.32 Å². The van der Waals surface area contributed by atoms with Crippen molar-refractivity contribution in [2.24, 2.45) is 0 Å². The molecule has 0 saturated heterocycles. The van der Waals surface area contributed by atoms with Crippen LogP contribution in [0, 0.1) is 0 Å². The number of aryl methyl sites for hydroxylation is 1. The molecule has 1 aromatic rings. The fraction of sp³-hybridized carbons (Fsp3) is 0.692. The van der Waals surface area contributed by atoms with Gasteiger partial charge in [0.15, 0.2) is 0 Å². The van der Waals surface area contributed by atoms with Crippen LogP contribution in [0.1, 0.15) is 43.4 Å². The van der Waals surface area contributed by atoms with Gasteiger partial charge < -0.3 is 10.4 Å². The summed E-state index contributed by atoms with van der Waals surface area (Å²) in [5.74, 6) is 0.911. The van der Waals surface area contributed by atoms with Crippen molar-refractivity contribution >= 4 is 17.4 Å². The van der Waals surface area contributed by atoms with Crippen molar-refractivity contribution in [3.63, 3.8) is 0 Å². The van der Waals surface area contributed by atoms with E-state index < -0.39 is 0 Å². The number of unbranched alkanes of at least 4 members (excludes halogenated alkanes) is 2. The van der Waals surface area contributed by atoms with E-state index in [0.717, 1.165) is 50.2 Å². The molecule has 18 heavy (non-hydrogen) atoms. The van der Waals surface area contributed by atoms with Crippen LogP contribution in [0.3, 0.4) is 0 Å². The number of aliphatic hydroxyl groups excluding tert-OH is 1. The Morgan fingerprint density at radius 3 is 2.78 bits per heavy atom. The lowest BCUT2D eigenvalue weighted by Gasteiger charge is -2.18. The number of nitrogens with zero attached hydrogens (tertiary/aromatic N) is 2. The Bertz CT molecular complexity index is 398. The van der Waals surface area contributed by atoms with Gasteiger partial charge in [0, 0.05) is 18.7 Å². The van der Waals surface area contributed by atoms with Gasteiger partial charge in [-0.3, -0.25) is 0 Å². The van der Waals surface area contributed by atoms with Gasteiger partial charge in [0.05, 0.1) is 5.69 Å². The largest absolute Gasteiger partial charge is 0.396 e. The maximum Gasteiger partial charge on any atom is 0.224 e. The van der Waals surface area contributed by atoms with Crippen molar-refractivity contribution in [3.05, 3.63) is 16.5 Å². The first-order chi connectivity index (χ1) is 8.81. The van der Waals surface area contributed by atoms with E-state index in [4.69, 9.17) is 16.7 Å². The molecule has 1 heterocycles. The number of hydrogen-bond acceptors (Lipinski definition) is 4. The minimum atomic E-state index is 0.273. The molecule has 0 atom stereocenters. The standard InChI is InChI=1S/C13H20ClN3O/c14-13-16-11-7-3-2-6-10(11)12(17-13)15-8-4-1-5-9-18/h18H,1-9H2,(H,15,16,17). The third-order valence-electron chi connectivity index (χ3n) is 3.28. The first kappa shape index (κ1) is 13.6. The van der Waals surface area contributed by atoms with E-state index >= 15 is 0 Å². The van der Waals surface area contributed by atoms with E-state index in [-0.39, 0.29) is 6.61 Å². The second-order valence-corrected chi connectivity index (χ2v) is 5.02. The zero-order valence-electron chi connectivity index (χ0n) is 10.6. The summed E-state index contributed by atoms with van der Waals surface area (Å²) in [6.07, 6.45) is 7.39. The topological polar surface area (TPSA) is 58.0 Å². The van der Waals surface area contributed by atoms with Crippen LogP contribution >= 0.6 is 11.6 Å². The van der Waals surface area contributed by atoms with Crippen molar-refractivity contribution in [1.29, 1.82) is 0 Å². The fourth-order valence-electron chi connectivity index (χ4n) is 2.33. The molecule has 0 bridgehead atoms. The molecule has 1 aromatic heterocycles. The van der Waals surface area contributed by atoms with E-state index in [1.807, 2.05) is 0 Å². The molecule has 1 aliphatic rings. The highest BCUT2D eigenvalue weighted by Crippen LogP contribution is 2.26. The maximum atomic E-state index is 8.72. The lowest BCUT2D eigenvalue weighted by atomic mass is 9.96. The van der Waals surface area contributed by atoms with E-state index in [0.29, 0.717) is 5.28 Å². The average molecular weight is 270 g/mol. The monoisotopic (exact) mass is 269 g/mol. The summed E-state index contributed by atoms with van der Waals surface area (Å²) in [7, 11) is 0. The number of nitrogens with one attached hydrogen (secondary N) is 1. The maximum absolute atomic E-state index is 8.72. The Kier molecular flexibility index (Phi) is 5.20. The molecule has 0 fully saturated rings. The zero-order valence-corrected chi connectivity index (χ0v) is 11.3. The van der Waals surface area contributed by atoms with Crippen molar-refractivity contribution in [2.75, 3.05) is 18.5 Å². The zero-order chi connectivity index (χ0) is 12.8. The normalized spacial score (nSPS) is 14.3. The number of aliphatic hydroxyl groups is 1. The van der Waals surface area contributed by atoms with Gasteiger partial charge in [-0.05, 0) is 56.5 Å². The predicted molar refractivity (Wildman–Crippen MR) is 73.1 cm³/mol. The first-order valence-corrected chi connectivity index (χ1v) is 7.09. The molecule has 0 aromatic carbocycles. The SMILES string of the molecule is OCCCCCNc1nc(Cl)nc2c1CCCC2. The van der Waals surface area contributed by atoms with Gasteiger partial charge in [0.25, 0.3) is 0 Å². The van der Waals surface area contributed by atoms with Crippen LogP contribution in [0.5, 0.6) is 0 Å².